The van der Waals surface area contributed by atoms with Gasteiger partial charge in [0.1, 0.15) is 5.00 Å². The molecule has 1 aromatic heterocycles. The highest BCUT2D eigenvalue weighted by molar-refractivity contribution is 7.17. The Hall–Kier alpha value is -2.14. The van der Waals surface area contributed by atoms with Crippen LogP contribution < -0.4 is 10.6 Å². The summed E-state index contributed by atoms with van der Waals surface area (Å²) in [5, 5.41) is 6.58. The molecule has 27 heavy (non-hydrogen) atoms. The molecule has 4 nitrogen and oxygen atoms in total. The lowest BCUT2D eigenvalue weighted by Gasteiger charge is -2.33. The number of fused-ring (bicyclic) bond motifs is 1. The fourth-order valence-electron chi connectivity index (χ4n) is 3.67. The number of hydrogen-bond donors (Lipinski definition) is 2. The first-order valence-electron chi connectivity index (χ1n) is 9.60. The number of carbonyl (C=O) groups is 2. The lowest BCUT2D eigenvalue weighted by molar-refractivity contribution is 0.0955. The van der Waals surface area contributed by atoms with Gasteiger partial charge in [-0.05, 0) is 55.2 Å². The largest absolute Gasteiger partial charge is 0.352 e. The van der Waals surface area contributed by atoms with E-state index in [9.17, 15) is 9.59 Å². The maximum Gasteiger partial charge on any atom is 0.256 e. The Labute approximate surface area is 165 Å². The van der Waals surface area contributed by atoms with E-state index in [2.05, 4.69) is 31.4 Å². The molecule has 5 heteroatoms. The highest BCUT2D eigenvalue weighted by atomic mass is 32.1. The Bertz CT molecular complexity index is 834. The van der Waals surface area contributed by atoms with E-state index < -0.39 is 0 Å². The summed E-state index contributed by atoms with van der Waals surface area (Å²) in [7, 11) is 0. The van der Waals surface area contributed by atoms with E-state index in [1.807, 2.05) is 25.1 Å². The van der Waals surface area contributed by atoms with Gasteiger partial charge in [0.05, 0.1) is 5.56 Å². The van der Waals surface area contributed by atoms with Crippen molar-refractivity contribution in [2.45, 2.75) is 47.0 Å². The van der Waals surface area contributed by atoms with E-state index in [1.165, 1.54) is 4.88 Å². The predicted octanol–water partition coefficient (Wildman–Crippen LogP) is 4.90. The molecular formula is C22H28N2O2S. The van der Waals surface area contributed by atoms with E-state index in [0.29, 0.717) is 28.6 Å². The van der Waals surface area contributed by atoms with Crippen molar-refractivity contribution >= 4 is 28.2 Å². The minimum Gasteiger partial charge on any atom is -0.352 e. The van der Waals surface area contributed by atoms with Crippen LogP contribution in [0, 0.1) is 11.3 Å². The van der Waals surface area contributed by atoms with Crippen molar-refractivity contribution in [3.05, 3.63) is 51.9 Å². The first kappa shape index (κ1) is 19.6. The molecule has 0 saturated heterocycles. The molecule has 0 radical (unpaired) electrons. The molecule has 3 rings (SSSR count). The summed E-state index contributed by atoms with van der Waals surface area (Å²) in [6.45, 7) is 9.31. The lowest BCUT2D eigenvalue weighted by Crippen LogP contribution is -2.28. The zero-order valence-electron chi connectivity index (χ0n) is 16.5. The summed E-state index contributed by atoms with van der Waals surface area (Å²) in [5.41, 5.74) is 2.61. The van der Waals surface area contributed by atoms with Gasteiger partial charge in [0.15, 0.2) is 0 Å². The number of amides is 2. The van der Waals surface area contributed by atoms with Crippen LogP contribution in [0.5, 0.6) is 0 Å². The maximum atomic E-state index is 12.7. The molecule has 1 aliphatic rings. The number of hydrogen-bond acceptors (Lipinski definition) is 3. The molecule has 0 unspecified atom stereocenters. The number of anilines is 1. The van der Waals surface area contributed by atoms with Crippen LogP contribution in [0.15, 0.2) is 30.3 Å². The van der Waals surface area contributed by atoms with Crippen molar-refractivity contribution in [1.82, 2.24) is 5.32 Å². The third-order valence-corrected chi connectivity index (χ3v) is 6.49. The third kappa shape index (κ3) is 4.24. The van der Waals surface area contributed by atoms with Crippen LogP contribution in [-0.4, -0.2) is 18.4 Å². The Kier molecular flexibility index (Phi) is 5.70. The number of benzene rings is 1. The highest BCUT2D eigenvalue weighted by Crippen LogP contribution is 2.44. The topological polar surface area (TPSA) is 58.2 Å². The molecule has 1 aromatic carbocycles. The van der Waals surface area contributed by atoms with E-state index >= 15 is 0 Å². The van der Waals surface area contributed by atoms with Crippen LogP contribution in [0.1, 0.15) is 65.3 Å². The second-order valence-electron chi connectivity index (χ2n) is 8.19. The minimum atomic E-state index is -0.174. The summed E-state index contributed by atoms with van der Waals surface area (Å²) in [4.78, 5) is 26.6. The normalized spacial score (nSPS) is 16.5. The van der Waals surface area contributed by atoms with Gasteiger partial charge < -0.3 is 10.6 Å². The van der Waals surface area contributed by atoms with Crippen LogP contribution in [0.25, 0.3) is 0 Å². The first-order valence-corrected chi connectivity index (χ1v) is 10.4. The van der Waals surface area contributed by atoms with Crippen molar-refractivity contribution in [2.24, 2.45) is 11.3 Å². The molecule has 2 N–H and O–H groups in total. The first-order chi connectivity index (χ1) is 12.8. The molecule has 2 amide bonds. The summed E-state index contributed by atoms with van der Waals surface area (Å²) in [6, 6.07) is 9.13. The minimum absolute atomic E-state index is 0.0902. The standard InChI is InChI=1S/C22H28N2O2S/c1-5-23-20(26)18-16-12-11-15(22(2,3)4)13-17(16)27-21(18)24-19(25)14-9-7-6-8-10-14/h6-10,15H,5,11-13H2,1-4H3,(H,23,26)(H,24,25)/t15-/m1/s1. The molecule has 2 aromatic rings. The molecule has 0 saturated carbocycles. The fraction of sp³-hybridized carbons (Fsp3) is 0.455. The van der Waals surface area contributed by atoms with Gasteiger partial charge in [-0.3, -0.25) is 9.59 Å². The van der Waals surface area contributed by atoms with Crippen molar-refractivity contribution in [3.63, 3.8) is 0 Å². The van der Waals surface area contributed by atoms with Crippen LogP contribution in [0.2, 0.25) is 0 Å². The summed E-state index contributed by atoms with van der Waals surface area (Å²) >= 11 is 1.57. The maximum absolute atomic E-state index is 12.7. The van der Waals surface area contributed by atoms with E-state index in [4.69, 9.17) is 0 Å². The third-order valence-electron chi connectivity index (χ3n) is 5.32. The molecule has 144 valence electrons. The average molecular weight is 385 g/mol. The molecule has 0 bridgehead atoms. The number of nitrogens with one attached hydrogen (secondary N) is 2. The van der Waals surface area contributed by atoms with E-state index in [-0.39, 0.29) is 17.2 Å². The van der Waals surface area contributed by atoms with Crippen molar-refractivity contribution in [3.8, 4) is 0 Å². The second-order valence-corrected chi connectivity index (χ2v) is 9.30. The fourth-order valence-corrected chi connectivity index (χ4v) is 4.99. The average Bonchev–Trinajstić information content (AvgIpc) is 2.99. The molecule has 0 fully saturated rings. The Morgan fingerprint density at radius 3 is 2.48 bits per heavy atom. The van der Waals surface area contributed by atoms with Crippen molar-refractivity contribution in [2.75, 3.05) is 11.9 Å². The molecule has 1 aliphatic carbocycles. The van der Waals surface area contributed by atoms with Crippen LogP contribution in [-0.2, 0) is 12.8 Å². The van der Waals surface area contributed by atoms with Crippen LogP contribution >= 0.6 is 11.3 Å². The molecule has 1 atom stereocenters. The Balaban J connectivity index is 1.94. The summed E-state index contributed by atoms with van der Waals surface area (Å²) in [5.74, 6) is 0.322. The highest BCUT2D eigenvalue weighted by Gasteiger charge is 2.34. The number of thiophene rings is 1. The monoisotopic (exact) mass is 384 g/mol. The van der Waals surface area contributed by atoms with Gasteiger partial charge in [-0.25, -0.2) is 0 Å². The molecule has 1 heterocycles. The molecular weight excluding hydrogens is 356 g/mol. The lowest BCUT2D eigenvalue weighted by atomic mass is 9.72. The SMILES string of the molecule is CCNC(=O)c1c(NC(=O)c2ccccc2)sc2c1CC[C@@H](C(C)(C)C)C2. The van der Waals surface area contributed by atoms with Gasteiger partial charge in [-0.2, -0.15) is 0 Å². The summed E-state index contributed by atoms with van der Waals surface area (Å²) in [6.07, 6.45) is 2.93. The Morgan fingerprint density at radius 2 is 1.85 bits per heavy atom. The smallest absolute Gasteiger partial charge is 0.256 e. The molecule has 0 spiro atoms. The quantitative estimate of drug-likeness (QED) is 0.787. The van der Waals surface area contributed by atoms with Gasteiger partial charge in [0.25, 0.3) is 11.8 Å². The van der Waals surface area contributed by atoms with Crippen molar-refractivity contribution in [1.29, 1.82) is 0 Å². The second kappa shape index (κ2) is 7.85. The van der Waals surface area contributed by atoms with E-state index in [0.717, 1.165) is 24.8 Å². The van der Waals surface area contributed by atoms with Crippen LogP contribution in [0.4, 0.5) is 5.00 Å². The van der Waals surface area contributed by atoms with Crippen LogP contribution in [0.3, 0.4) is 0 Å². The number of carbonyl (C=O) groups excluding carboxylic acids is 2. The van der Waals surface area contributed by atoms with Crippen molar-refractivity contribution < 1.29 is 9.59 Å². The van der Waals surface area contributed by atoms with Gasteiger partial charge in [0, 0.05) is 17.0 Å². The zero-order chi connectivity index (χ0) is 19.6. The zero-order valence-corrected chi connectivity index (χ0v) is 17.3. The Morgan fingerprint density at radius 1 is 1.15 bits per heavy atom. The predicted molar refractivity (Wildman–Crippen MR) is 112 cm³/mol. The number of rotatable bonds is 4. The van der Waals surface area contributed by atoms with Gasteiger partial charge in [-0.1, -0.05) is 39.0 Å². The molecule has 0 aliphatic heterocycles. The van der Waals surface area contributed by atoms with Gasteiger partial charge >= 0.3 is 0 Å². The van der Waals surface area contributed by atoms with E-state index in [1.54, 1.807) is 23.5 Å². The van der Waals surface area contributed by atoms with Gasteiger partial charge in [0.2, 0.25) is 0 Å². The summed E-state index contributed by atoms with van der Waals surface area (Å²) < 4.78 is 0. The van der Waals surface area contributed by atoms with Gasteiger partial charge in [-0.15, -0.1) is 11.3 Å².